The molecule has 7 nitrogen and oxygen atoms in total. The highest BCUT2D eigenvalue weighted by Crippen LogP contribution is 2.38. The Morgan fingerprint density at radius 2 is 2.20 bits per heavy atom. The summed E-state index contributed by atoms with van der Waals surface area (Å²) in [6.07, 6.45) is 3.63. The van der Waals surface area contributed by atoms with E-state index < -0.39 is 12.0 Å². The number of aromatic nitrogens is 2. The molecule has 0 saturated heterocycles. The SMILES string of the molecule is CC(C(=O)O)N(C)C(=O)CCCc1nc(C2CC2)no1. The molecule has 1 aliphatic rings. The predicted octanol–water partition coefficient (Wildman–Crippen LogP) is 1.20. The molecule has 1 amide bonds. The van der Waals surface area contributed by atoms with E-state index >= 15 is 0 Å². The maximum atomic E-state index is 11.8. The fraction of sp³-hybridized carbons (Fsp3) is 0.692. The highest BCUT2D eigenvalue weighted by Gasteiger charge is 2.28. The Kier molecular flexibility index (Phi) is 4.36. The van der Waals surface area contributed by atoms with Gasteiger partial charge in [-0.15, -0.1) is 0 Å². The Morgan fingerprint density at radius 1 is 1.50 bits per heavy atom. The lowest BCUT2D eigenvalue weighted by atomic mass is 10.2. The molecule has 1 aliphatic carbocycles. The largest absolute Gasteiger partial charge is 0.480 e. The van der Waals surface area contributed by atoms with E-state index in [4.69, 9.17) is 9.63 Å². The van der Waals surface area contributed by atoms with Gasteiger partial charge in [0.15, 0.2) is 5.82 Å². The van der Waals surface area contributed by atoms with Crippen molar-refractivity contribution in [2.75, 3.05) is 7.05 Å². The van der Waals surface area contributed by atoms with Gasteiger partial charge in [-0.2, -0.15) is 4.98 Å². The fourth-order valence-corrected chi connectivity index (χ4v) is 1.83. The van der Waals surface area contributed by atoms with Gasteiger partial charge in [0, 0.05) is 25.8 Å². The molecule has 1 N–H and O–H groups in total. The summed E-state index contributed by atoms with van der Waals surface area (Å²) in [7, 11) is 1.50. The quantitative estimate of drug-likeness (QED) is 0.806. The van der Waals surface area contributed by atoms with Gasteiger partial charge in [0.2, 0.25) is 11.8 Å². The second-order valence-electron chi connectivity index (χ2n) is 5.19. The van der Waals surface area contributed by atoms with Crippen LogP contribution in [0.15, 0.2) is 4.52 Å². The van der Waals surface area contributed by atoms with Crippen LogP contribution in [0, 0.1) is 0 Å². The van der Waals surface area contributed by atoms with Crippen LogP contribution in [0.1, 0.15) is 50.2 Å². The van der Waals surface area contributed by atoms with E-state index in [1.807, 2.05) is 0 Å². The molecule has 1 fully saturated rings. The van der Waals surface area contributed by atoms with Crippen molar-refractivity contribution in [3.63, 3.8) is 0 Å². The minimum absolute atomic E-state index is 0.193. The van der Waals surface area contributed by atoms with Crippen molar-refractivity contribution in [1.29, 1.82) is 0 Å². The molecule has 1 heterocycles. The number of rotatable bonds is 7. The van der Waals surface area contributed by atoms with Gasteiger partial charge in [0.05, 0.1) is 0 Å². The minimum atomic E-state index is -1.01. The smallest absolute Gasteiger partial charge is 0.326 e. The molecule has 0 spiro atoms. The van der Waals surface area contributed by atoms with Gasteiger partial charge in [-0.3, -0.25) is 4.79 Å². The number of nitrogens with zero attached hydrogens (tertiary/aromatic N) is 3. The Balaban J connectivity index is 1.74. The summed E-state index contributed by atoms with van der Waals surface area (Å²) in [6, 6.07) is -0.813. The van der Waals surface area contributed by atoms with Crippen LogP contribution in [-0.2, 0) is 16.0 Å². The lowest BCUT2D eigenvalue weighted by Gasteiger charge is -2.21. The molecule has 1 saturated carbocycles. The maximum Gasteiger partial charge on any atom is 0.326 e. The molecule has 1 aromatic heterocycles. The van der Waals surface area contributed by atoms with Crippen molar-refractivity contribution >= 4 is 11.9 Å². The molecular weight excluding hydrogens is 262 g/mol. The third kappa shape index (κ3) is 3.55. The maximum absolute atomic E-state index is 11.8. The van der Waals surface area contributed by atoms with E-state index in [1.54, 1.807) is 0 Å². The number of carboxylic acids is 1. The summed E-state index contributed by atoms with van der Waals surface area (Å²) in [6.45, 7) is 1.49. The van der Waals surface area contributed by atoms with Gasteiger partial charge in [0.25, 0.3) is 0 Å². The third-order valence-corrected chi connectivity index (χ3v) is 3.54. The van der Waals surface area contributed by atoms with E-state index in [9.17, 15) is 9.59 Å². The number of aryl methyl sites for hydroxylation is 1. The van der Waals surface area contributed by atoms with E-state index in [2.05, 4.69) is 10.1 Å². The molecule has 0 aliphatic heterocycles. The first-order valence-corrected chi connectivity index (χ1v) is 6.80. The van der Waals surface area contributed by atoms with Crippen LogP contribution >= 0.6 is 0 Å². The van der Waals surface area contributed by atoms with Crippen LogP contribution in [-0.4, -0.2) is 45.1 Å². The average Bonchev–Trinajstić information content (AvgIpc) is 3.17. The van der Waals surface area contributed by atoms with Gasteiger partial charge in [0.1, 0.15) is 6.04 Å². The lowest BCUT2D eigenvalue weighted by molar-refractivity contribution is -0.148. The monoisotopic (exact) mass is 281 g/mol. The van der Waals surface area contributed by atoms with Crippen LogP contribution in [0.4, 0.5) is 0 Å². The molecule has 1 unspecified atom stereocenters. The van der Waals surface area contributed by atoms with E-state index in [0.29, 0.717) is 24.7 Å². The first-order valence-electron chi connectivity index (χ1n) is 6.80. The molecular formula is C13H19N3O4. The van der Waals surface area contributed by atoms with Crippen LogP contribution in [0.5, 0.6) is 0 Å². The van der Waals surface area contributed by atoms with Crippen LogP contribution in [0.2, 0.25) is 0 Å². The second kappa shape index (κ2) is 6.02. The summed E-state index contributed by atoms with van der Waals surface area (Å²) in [5, 5.41) is 12.7. The van der Waals surface area contributed by atoms with Gasteiger partial charge < -0.3 is 14.5 Å². The summed E-state index contributed by atoms with van der Waals surface area (Å²) in [5.74, 6) is 0.571. The summed E-state index contributed by atoms with van der Waals surface area (Å²) in [4.78, 5) is 28.1. The standard InChI is InChI=1S/C13H19N3O4/c1-8(13(18)19)16(2)11(17)5-3-4-10-14-12(15-20-10)9-6-7-9/h8-9H,3-7H2,1-2H3,(H,18,19). The second-order valence-corrected chi connectivity index (χ2v) is 5.19. The van der Waals surface area contributed by atoms with Gasteiger partial charge in [-0.1, -0.05) is 5.16 Å². The predicted molar refractivity (Wildman–Crippen MR) is 69.1 cm³/mol. The minimum Gasteiger partial charge on any atom is -0.480 e. The normalized spacial score (nSPS) is 15.9. The molecule has 0 radical (unpaired) electrons. The molecule has 1 atom stereocenters. The summed E-state index contributed by atoms with van der Waals surface area (Å²) >= 11 is 0. The summed E-state index contributed by atoms with van der Waals surface area (Å²) in [5.41, 5.74) is 0. The number of carbonyl (C=O) groups excluding carboxylic acids is 1. The number of carbonyl (C=O) groups is 2. The van der Waals surface area contributed by atoms with Crippen LogP contribution in [0.25, 0.3) is 0 Å². The number of likely N-dealkylation sites (N-methyl/N-ethyl adjacent to an activating group) is 1. The highest BCUT2D eigenvalue weighted by molar-refractivity contribution is 5.83. The topological polar surface area (TPSA) is 96.5 Å². The third-order valence-electron chi connectivity index (χ3n) is 3.54. The van der Waals surface area contributed by atoms with Crippen molar-refractivity contribution in [2.45, 2.75) is 51.0 Å². The van der Waals surface area contributed by atoms with Crippen molar-refractivity contribution in [3.8, 4) is 0 Å². The number of hydrogen-bond acceptors (Lipinski definition) is 5. The van der Waals surface area contributed by atoms with Gasteiger partial charge in [-0.05, 0) is 26.2 Å². The zero-order valence-electron chi connectivity index (χ0n) is 11.7. The van der Waals surface area contributed by atoms with Crippen LogP contribution in [0.3, 0.4) is 0 Å². The molecule has 110 valence electrons. The molecule has 20 heavy (non-hydrogen) atoms. The molecule has 2 rings (SSSR count). The Morgan fingerprint density at radius 3 is 2.80 bits per heavy atom. The Labute approximate surface area is 117 Å². The molecule has 0 bridgehead atoms. The van der Waals surface area contributed by atoms with E-state index in [-0.39, 0.29) is 12.3 Å². The van der Waals surface area contributed by atoms with Gasteiger partial charge >= 0.3 is 5.97 Å². The molecule has 7 heteroatoms. The van der Waals surface area contributed by atoms with Crippen molar-refractivity contribution in [1.82, 2.24) is 15.0 Å². The zero-order valence-corrected chi connectivity index (χ0v) is 11.7. The van der Waals surface area contributed by atoms with Crippen molar-refractivity contribution in [2.24, 2.45) is 0 Å². The number of hydrogen-bond donors (Lipinski definition) is 1. The molecule has 0 aromatic carbocycles. The van der Waals surface area contributed by atoms with E-state index in [1.165, 1.54) is 18.9 Å². The first-order chi connectivity index (χ1) is 9.49. The van der Waals surface area contributed by atoms with Crippen molar-refractivity contribution in [3.05, 3.63) is 11.7 Å². The van der Waals surface area contributed by atoms with E-state index in [0.717, 1.165) is 18.7 Å². The number of aliphatic carboxylic acids is 1. The first kappa shape index (κ1) is 14.5. The van der Waals surface area contributed by atoms with Gasteiger partial charge in [-0.25, -0.2) is 4.79 Å². The Bertz CT molecular complexity index is 496. The lowest BCUT2D eigenvalue weighted by Crippen LogP contribution is -2.40. The number of carboxylic acid groups (broad SMARTS) is 1. The Hall–Kier alpha value is -1.92. The molecule has 1 aromatic rings. The zero-order chi connectivity index (χ0) is 14.7. The highest BCUT2D eigenvalue weighted by atomic mass is 16.5. The van der Waals surface area contributed by atoms with Crippen LogP contribution < -0.4 is 0 Å². The number of amides is 1. The van der Waals surface area contributed by atoms with Crippen molar-refractivity contribution < 1.29 is 19.2 Å². The fourth-order valence-electron chi connectivity index (χ4n) is 1.83. The summed E-state index contributed by atoms with van der Waals surface area (Å²) < 4.78 is 5.11. The average molecular weight is 281 g/mol.